The molecule has 0 radical (unpaired) electrons. The first-order chi connectivity index (χ1) is 8.60. The maximum absolute atomic E-state index is 11.6. The molecule has 18 heavy (non-hydrogen) atoms. The van der Waals surface area contributed by atoms with E-state index in [2.05, 4.69) is 10.6 Å². The fourth-order valence-corrected chi connectivity index (χ4v) is 2.15. The molecule has 0 aliphatic heterocycles. The predicted molar refractivity (Wildman–Crippen MR) is 66.5 cm³/mol. The maximum atomic E-state index is 11.6. The van der Waals surface area contributed by atoms with E-state index in [4.69, 9.17) is 4.74 Å². The lowest BCUT2D eigenvalue weighted by Gasteiger charge is -2.25. The molecule has 1 aliphatic carbocycles. The summed E-state index contributed by atoms with van der Waals surface area (Å²) in [5, 5.41) is 14.4. The van der Waals surface area contributed by atoms with Gasteiger partial charge in [-0.3, -0.25) is 0 Å². The van der Waals surface area contributed by atoms with Crippen molar-refractivity contribution in [3.8, 4) is 0 Å². The summed E-state index contributed by atoms with van der Waals surface area (Å²) < 4.78 is 5.14. The first kappa shape index (κ1) is 14.8. The number of carbonyl (C=O) groups excluding carboxylic acids is 1. The number of aliphatic carboxylic acids is 1. The number of carboxylic acid groups (broad SMARTS) is 1. The lowest BCUT2D eigenvalue weighted by molar-refractivity contribution is -0.144. The molecule has 0 aromatic heterocycles. The third kappa shape index (κ3) is 4.18. The van der Waals surface area contributed by atoms with Crippen LogP contribution < -0.4 is 10.6 Å². The van der Waals surface area contributed by atoms with Crippen molar-refractivity contribution in [3.05, 3.63) is 0 Å². The minimum absolute atomic E-state index is 0.407. The number of carboxylic acids is 1. The van der Waals surface area contributed by atoms with Gasteiger partial charge in [-0.05, 0) is 26.2 Å². The van der Waals surface area contributed by atoms with Crippen LogP contribution in [0.2, 0.25) is 0 Å². The normalized spacial score (nSPS) is 17.4. The van der Waals surface area contributed by atoms with E-state index < -0.39 is 17.5 Å². The third-order valence-corrected chi connectivity index (χ3v) is 3.17. The maximum Gasteiger partial charge on any atom is 0.329 e. The van der Waals surface area contributed by atoms with Crippen molar-refractivity contribution >= 4 is 12.0 Å². The first-order valence-electron chi connectivity index (χ1n) is 6.48. The standard InChI is InChI=1S/C12H22N2O4/c1-2-18-9-5-8-13-11(17)14-12(10(15)16)6-3-4-7-12/h2-9H2,1H3,(H,15,16)(H2,13,14,17). The van der Waals surface area contributed by atoms with E-state index in [1.54, 1.807) is 0 Å². The Labute approximate surface area is 107 Å². The highest BCUT2D eigenvalue weighted by atomic mass is 16.5. The Bertz CT molecular complexity index is 288. The minimum atomic E-state index is -1.07. The van der Waals surface area contributed by atoms with Crippen LogP contribution in [0.25, 0.3) is 0 Å². The molecule has 1 aliphatic rings. The molecule has 0 atom stereocenters. The van der Waals surface area contributed by atoms with Crippen molar-refractivity contribution in [2.24, 2.45) is 0 Å². The van der Waals surface area contributed by atoms with Gasteiger partial charge in [-0.2, -0.15) is 0 Å². The van der Waals surface area contributed by atoms with Gasteiger partial charge in [0.2, 0.25) is 0 Å². The smallest absolute Gasteiger partial charge is 0.329 e. The Hall–Kier alpha value is -1.30. The van der Waals surface area contributed by atoms with Crippen LogP contribution in [-0.2, 0) is 9.53 Å². The van der Waals surface area contributed by atoms with Crippen LogP contribution in [0.1, 0.15) is 39.0 Å². The number of amides is 2. The molecule has 0 bridgehead atoms. The number of urea groups is 1. The summed E-state index contributed by atoms with van der Waals surface area (Å²) >= 11 is 0. The first-order valence-corrected chi connectivity index (χ1v) is 6.48. The Balaban J connectivity index is 2.27. The molecule has 0 unspecified atom stereocenters. The molecule has 3 N–H and O–H groups in total. The summed E-state index contributed by atoms with van der Waals surface area (Å²) in [6.45, 7) is 3.66. The lowest BCUT2D eigenvalue weighted by Crippen LogP contribution is -2.55. The highest BCUT2D eigenvalue weighted by molar-refractivity contribution is 5.86. The number of hydrogen-bond acceptors (Lipinski definition) is 3. The van der Waals surface area contributed by atoms with E-state index in [-0.39, 0.29) is 0 Å². The predicted octanol–water partition coefficient (Wildman–Crippen LogP) is 1.11. The summed E-state index contributed by atoms with van der Waals surface area (Å²) in [5.41, 5.74) is -1.07. The van der Waals surface area contributed by atoms with Crippen molar-refractivity contribution in [2.45, 2.75) is 44.6 Å². The van der Waals surface area contributed by atoms with E-state index in [0.29, 0.717) is 32.6 Å². The van der Waals surface area contributed by atoms with Gasteiger partial charge in [-0.25, -0.2) is 9.59 Å². The zero-order valence-electron chi connectivity index (χ0n) is 10.8. The minimum Gasteiger partial charge on any atom is -0.480 e. The molecule has 6 nitrogen and oxygen atoms in total. The molecular weight excluding hydrogens is 236 g/mol. The number of hydrogen-bond donors (Lipinski definition) is 3. The Kier molecular flexibility index (Phi) is 5.91. The van der Waals surface area contributed by atoms with Gasteiger partial charge in [0, 0.05) is 19.8 Å². The van der Waals surface area contributed by atoms with Crippen molar-refractivity contribution in [1.29, 1.82) is 0 Å². The van der Waals surface area contributed by atoms with Crippen LogP contribution in [0.3, 0.4) is 0 Å². The second kappa shape index (κ2) is 7.20. The average molecular weight is 258 g/mol. The molecule has 2 amide bonds. The Morgan fingerprint density at radius 3 is 2.56 bits per heavy atom. The average Bonchev–Trinajstić information content (AvgIpc) is 2.78. The zero-order valence-corrected chi connectivity index (χ0v) is 10.8. The highest BCUT2D eigenvalue weighted by Crippen LogP contribution is 2.29. The third-order valence-electron chi connectivity index (χ3n) is 3.17. The second-order valence-electron chi connectivity index (χ2n) is 4.53. The summed E-state index contributed by atoms with van der Waals surface area (Å²) in [7, 11) is 0. The van der Waals surface area contributed by atoms with Gasteiger partial charge < -0.3 is 20.5 Å². The molecule has 0 saturated heterocycles. The van der Waals surface area contributed by atoms with E-state index >= 15 is 0 Å². The van der Waals surface area contributed by atoms with Crippen molar-refractivity contribution in [3.63, 3.8) is 0 Å². The number of carbonyl (C=O) groups is 2. The summed E-state index contributed by atoms with van der Waals surface area (Å²) in [6.07, 6.45) is 3.43. The summed E-state index contributed by atoms with van der Waals surface area (Å²) in [4.78, 5) is 22.8. The van der Waals surface area contributed by atoms with Crippen LogP contribution >= 0.6 is 0 Å². The fourth-order valence-electron chi connectivity index (χ4n) is 2.15. The van der Waals surface area contributed by atoms with Crippen LogP contribution in [0.4, 0.5) is 4.79 Å². The second-order valence-corrected chi connectivity index (χ2v) is 4.53. The van der Waals surface area contributed by atoms with E-state index in [1.165, 1.54) is 0 Å². The van der Waals surface area contributed by atoms with Gasteiger partial charge in [0.1, 0.15) is 5.54 Å². The molecule has 0 spiro atoms. The van der Waals surface area contributed by atoms with Crippen LogP contribution in [0.15, 0.2) is 0 Å². The van der Waals surface area contributed by atoms with E-state index in [9.17, 15) is 14.7 Å². The van der Waals surface area contributed by atoms with Crippen LogP contribution in [0, 0.1) is 0 Å². The molecule has 1 fully saturated rings. The molecule has 0 aromatic rings. The largest absolute Gasteiger partial charge is 0.480 e. The Morgan fingerprint density at radius 1 is 1.33 bits per heavy atom. The van der Waals surface area contributed by atoms with Crippen LogP contribution in [0.5, 0.6) is 0 Å². The number of nitrogens with one attached hydrogen (secondary N) is 2. The zero-order chi connectivity index (χ0) is 13.4. The van der Waals surface area contributed by atoms with Crippen LogP contribution in [-0.4, -0.2) is 42.4 Å². The van der Waals surface area contributed by atoms with Crippen molar-refractivity contribution < 1.29 is 19.4 Å². The molecule has 1 rings (SSSR count). The van der Waals surface area contributed by atoms with Crippen molar-refractivity contribution in [2.75, 3.05) is 19.8 Å². The van der Waals surface area contributed by atoms with E-state index in [1.807, 2.05) is 6.92 Å². The van der Waals surface area contributed by atoms with Gasteiger partial charge in [0.05, 0.1) is 0 Å². The van der Waals surface area contributed by atoms with Gasteiger partial charge in [-0.1, -0.05) is 12.8 Å². The SMILES string of the molecule is CCOCCCNC(=O)NC1(C(=O)O)CCCC1. The van der Waals surface area contributed by atoms with Gasteiger partial charge >= 0.3 is 12.0 Å². The lowest BCUT2D eigenvalue weighted by atomic mass is 9.98. The summed E-state index contributed by atoms with van der Waals surface area (Å²) in [5.74, 6) is -0.940. The monoisotopic (exact) mass is 258 g/mol. The molecule has 0 aromatic carbocycles. The molecule has 6 heteroatoms. The highest BCUT2D eigenvalue weighted by Gasteiger charge is 2.42. The summed E-state index contributed by atoms with van der Waals surface area (Å²) in [6, 6.07) is -0.407. The van der Waals surface area contributed by atoms with Gasteiger partial charge in [0.15, 0.2) is 0 Å². The topological polar surface area (TPSA) is 87.7 Å². The number of rotatable bonds is 7. The van der Waals surface area contributed by atoms with E-state index in [0.717, 1.165) is 19.3 Å². The van der Waals surface area contributed by atoms with Crippen molar-refractivity contribution in [1.82, 2.24) is 10.6 Å². The Morgan fingerprint density at radius 2 is 2.00 bits per heavy atom. The molecule has 0 heterocycles. The van der Waals surface area contributed by atoms with Gasteiger partial charge in [0.25, 0.3) is 0 Å². The molecular formula is C12H22N2O4. The molecule has 104 valence electrons. The van der Waals surface area contributed by atoms with Gasteiger partial charge in [-0.15, -0.1) is 0 Å². The quantitative estimate of drug-likeness (QED) is 0.597. The molecule has 1 saturated carbocycles. The fraction of sp³-hybridized carbons (Fsp3) is 0.833. The number of ether oxygens (including phenoxy) is 1.